The van der Waals surface area contributed by atoms with Crippen molar-refractivity contribution in [2.45, 2.75) is 0 Å². The number of benzene rings is 2. The lowest BCUT2D eigenvalue weighted by Crippen LogP contribution is -2.17. The number of halogens is 3. The summed E-state index contributed by atoms with van der Waals surface area (Å²) in [5, 5.41) is 4.70. The molecule has 6 heteroatoms. The highest BCUT2D eigenvalue weighted by atomic mass is 79.9. The summed E-state index contributed by atoms with van der Waals surface area (Å²) >= 11 is 15.2. The van der Waals surface area contributed by atoms with E-state index in [0.29, 0.717) is 21.2 Å². The van der Waals surface area contributed by atoms with Crippen LogP contribution in [0.4, 0.5) is 0 Å². The van der Waals surface area contributed by atoms with Gasteiger partial charge in [0.1, 0.15) is 0 Å². The standard InChI is InChI=1S/C14H9BrCl2N2O/c15-11-6-4-9(5-7-11)14(20)19-18-8-10-2-1-3-12(16)13(10)17/h1-8H,(H,19,20)/b18-8+. The van der Waals surface area contributed by atoms with Crippen LogP contribution in [0.5, 0.6) is 0 Å². The summed E-state index contributed by atoms with van der Waals surface area (Å²) in [6, 6.07) is 12.2. The molecule has 0 aromatic heterocycles. The predicted molar refractivity (Wildman–Crippen MR) is 85.7 cm³/mol. The normalized spacial score (nSPS) is 10.8. The van der Waals surface area contributed by atoms with Crippen molar-refractivity contribution in [2.24, 2.45) is 5.10 Å². The first-order valence-corrected chi connectivity index (χ1v) is 7.16. The van der Waals surface area contributed by atoms with Crippen LogP contribution in [0, 0.1) is 0 Å². The van der Waals surface area contributed by atoms with Crippen molar-refractivity contribution in [1.82, 2.24) is 5.43 Å². The van der Waals surface area contributed by atoms with E-state index < -0.39 is 0 Å². The molecule has 0 unspecified atom stereocenters. The zero-order valence-corrected chi connectivity index (χ0v) is 13.2. The van der Waals surface area contributed by atoms with Gasteiger partial charge in [0.15, 0.2) is 0 Å². The van der Waals surface area contributed by atoms with Gasteiger partial charge in [-0.1, -0.05) is 51.3 Å². The van der Waals surface area contributed by atoms with Crippen LogP contribution in [0.15, 0.2) is 52.0 Å². The Hall–Kier alpha value is -1.36. The number of carbonyl (C=O) groups is 1. The molecule has 0 aliphatic heterocycles. The van der Waals surface area contributed by atoms with Gasteiger partial charge in [-0.25, -0.2) is 5.43 Å². The Morgan fingerprint density at radius 2 is 1.85 bits per heavy atom. The van der Waals surface area contributed by atoms with E-state index in [1.807, 2.05) is 0 Å². The minimum Gasteiger partial charge on any atom is -0.267 e. The number of hydrogen-bond donors (Lipinski definition) is 1. The molecule has 1 N–H and O–H groups in total. The average molecular weight is 372 g/mol. The second kappa shape index (κ2) is 6.88. The van der Waals surface area contributed by atoms with Crippen LogP contribution in [0.3, 0.4) is 0 Å². The maximum absolute atomic E-state index is 11.8. The van der Waals surface area contributed by atoms with Crippen LogP contribution < -0.4 is 5.43 Å². The summed E-state index contributed by atoms with van der Waals surface area (Å²) in [5.74, 6) is -0.299. The molecule has 2 aromatic rings. The van der Waals surface area contributed by atoms with Crippen LogP contribution in [0.25, 0.3) is 0 Å². The number of carbonyl (C=O) groups excluding carboxylic acids is 1. The number of rotatable bonds is 3. The van der Waals surface area contributed by atoms with Crippen LogP contribution in [-0.4, -0.2) is 12.1 Å². The van der Waals surface area contributed by atoms with Crippen molar-refractivity contribution in [3.05, 3.63) is 68.1 Å². The van der Waals surface area contributed by atoms with E-state index >= 15 is 0 Å². The summed E-state index contributed by atoms with van der Waals surface area (Å²) in [6.45, 7) is 0. The van der Waals surface area contributed by atoms with Gasteiger partial charge >= 0.3 is 0 Å². The van der Waals surface area contributed by atoms with Gasteiger partial charge in [-0.2, -0.15) is 5.10 Å². The molecule has 0 aliphatic carbocycles. The number of hydrogen-bond acceptors (Lipinski definition) is 2. The molecule has 20 heavy (non-hydrogen) atoms. The molecule has 0 radical (unpaired) electrons. The monoisotopic (exact) mass is 370 g/mol. The fraction of sp³-hybridized carbons (Fsp3) is 0. The van der Waals surface area contributed by atoms with Crippen molar-refractivity contribution in [3.8, 4) is 0 Å². The van der Waals surface area contributed by atoms with Crippen LogP contribution in [0.1, 0.15) is 15.9 Å². The summed E-state index contributed by atoms with van der Waals surface area (Å²) in [4.78, 5) is 11.8. The lowest BCUT2D eigenvalue weighted by atomic mass is 10.2. The van der Waals surface area contributed by atoms with Crippen LogP contribution in [0.2, 0.25) is 10.0 Å². The number of nitrogens with one attached hydrogen (secondary N) is 1. The Kier molecular flexibility index (Phi) is 5.17. The quantitative estimate of drug-likeness (QED) is 0.625. The minimum atomic E-state index is -0.299. The fourth-order valence-corrected chi connectivity index (χ4v) is 2.07. The number of nitrogens with zero attached hydrogens (tertiary/aromatic N) is 1. The van der Waals surface area contributed by atoms with E-state index in [9.17, 15) is 4.79 Å². The molecule has 2 rings (SSSR count). The van der Waals surface area contributed by atoms with Gasteiger partial charge in [-0.05, 0) is 30.3 Å². The van der Waals surface area contributed by atoms with Gasteiger partial charge in [0.25, 0.3) is 5.91 Å². The summed E-state index contributed by atoms with van der Waals surface area (Å²) in [5.41, 5.74) is 3.58. The van der Waals surface area contributed by atoms with Crippen molar-refractivity contribution in [2.75, 3.05) is 0 Å². The lowest BCUT2D eigenvalue weighted by Gasteiger charge is -2.01. The minimum absolute atomic E-state index is 0.299. The Morgan fingerprint density at radius 1 is 1.15 bits per heavy atom. The maximum Gasteiger partial charge on any atom is 0.271 e. The number of hydrazone groups is 1. The molecule has 0 atom stereocenters. The highest BCUT2D eigenvalue weighted by molar-refractivity contribution is 9.10. The predicted octanol–water partition coefficient (Wildman–Crippen LogP) is 4.52. The molecule has 0 aliphatic rings. The topological polar surface area (TPSA) is 41.5 Å². The summed E-state index contributed by atoms with van der Waals surface area (Å²) in [7, 11) is 0. The molecule has 0 saturated carbocycles. The molecule has 0 heterocycles. The van der Waals surface area contributed by atoms with Crippen LogP contribution >= 0.6 is 39.1 Å². The zero-order valence-electron chi connectivity index (χ0n) is 10.1. The summed E-state index contributed by atoms with van der Waals surface area (Å²) < 4.78 is 0.906. The van der Waals surface area contributed by atoms with E-state index in [1.165, 1.54) is 6.21 Å². The Bertz CT molecular complexity index is 657. The third-order valence-corrected chi connectivity index (χ3v) is 3.82. The van der Waals surface area contributed by atoms with Crippen molar-refractivity contribution < 1.29 is 4.79 Å². The van der Waals surface area contributed by atoms with Crippen molar-refractivity contribution >= 4 is 51.3 Å². The van der Waals surface area contributed by atoms with Gasteiger partial charge in [0, 0.05) is 15.6 Å². The molecule has 0 spiro atoms. The first-order chi connectivity index (χ1) is 9.58. The lowest BCUT2D eigenvalue weighted by molar-refractivity contribution is 0.0955. The molecule has 102 valence electrons. The Morgan fingerprint density at radius 3 is 2.55 bits per heavy atom. The second-order valence-corrected chi connectivity index (χ2v) is 5.55. The average Bonchev–Trinajstić information content (AvgIpc) is 2.44. The van der Waals surface area contributed by atoms with E-state index in [1.54, 1.807) is 42.5 Å². The third-order valence-electron chi connectivity index (χ3n) is 2.46. The maximum atomic E-state index is 11.8. The molecule has 2 aromatic carbocycles. The largest absolute Gasteiger partial charge is 0.271 e. The van der Waals surface area contributed by atoms with E-state index in [2.05, 4.69) is 26.5 Å². The molecule has 1 amide bonds. The smallest absolute Gasteiger partial charge is 0.267 e. The van der Waals surface area contributed by atoms with E-state index in [4.69, 9.17) is 23.2 Å². The molecular weight excluding hydrogens is 363 g/mol. The first kappa shape index (κ1) is 15.0. The van der Waals surface area contributed by atoms with Gasteiger partial charge < -0.3 is 0 Å². The third kappa shape index (κ3) is 3.82. The summed E-state index contributed by atoms with van der Waals surface area (Å²) in [6.07, 6.45) is 1.45. The van der Waals surface area contributed by atoms with Gasteiger partial charge in [0.2, 0.25) is 0 Å². The highest BCUT2D eigenvalue weighted by Gasteiger charge is 2.04. The molecule has 3 nitrogen and oxygen atoms in total. The Labute approximate surface area is 134 Å². The second-order valence-electron chi connectivity index (χ2n) is 3.85. The van der Waals surface area contributed by atoms with E-state index in [0.717, 1.165) is 4.47 Å². The molecule has 0 bridgehead atoms. The fourth-order valence-electron chi connectivity index (χ4n) is 1.45. The number of amides is 1. The molecular formula is C14H9BrCl2N2O. The van der Waals surface area contributed by atoms with Gasteiger partial charge in [-0.3, -0.25) is 4.79 Å². The van der Waals surface area contributed by atoms with E-state index in [-0.39, 0.29) is 5.91 Å². The van der Waals surface area contributed by atoms with Crippen molar-refractivity contribution in [1.29, 1.82) is 0 Å². The van der Waals surface area contributed by atoms with Crippen LogP contribution in [-0.2, 0) is 0 Å². The molecule has 0 fully saturated rings. The SMILES string of the molecule is O=C(N/N=C/c1cccc(Cl)c1Cl)c1ccc(Br)cc1. The van der Waals surface area contributed by atoms with Crippen molar-refractivity contribution in [3.63, 3.8) is 0 Å². The molecule has 0 saturated heterocycles. The van der Waals surface area contributed by atoms with Gasteiger partial charge in [0.05, 0.1) is 16.3 Å². The first-order valence-electron chi connectivity index (χ1n) is 5.61. The zero-order chi connectivity index (χ0) is 14.5. The van der Waals surface area contributed by atoms with Gasteiger partial charge in [-0.15, -0.1) is 0 Å². The highest BCUT2D eigenvalue weighted by Crippen LogP contribution is 2.24. The Balaban J connectivity index is 2.04.